The number of fused-ring (bicyclic) bond motifs is 1. The Morgan fingerprint density at radius 3 is 2.37 bits per heavy atom. The Bertz CT molecular complexity index is 1490. The Balaban J connectivity index is 1.72. The predicted molar refractivity (Wildman–Crippen MR) is 139 cm³/mol. The zero-order chi connectivity index (χ0) is 25.3. The molecule has 0 aliphatic carbocycles. The largest absolute Gasteiger partial charge is 0.462 e. The second kappa shape index (κ2) is 9.86. The van der Waals surface area contributed by atoms with Crippen molar-refractivity contribution in [1.82, 2.24) is 9.29 Å². The standard InChI is InChI=1S/C24H23N3O5S3/c1-5-32-24(29)20-14(2)19(22-25-17-8-6-7-9-18(17)33-22)23(34-20)26-21(28)15-10-12-16(13-11-15)35(30,31)27(3)4/h6-13H,5H2,1-4H3,(H,26,28). The molecule has 2 heterocycles. The summed E-state index contributed by atoms with van der Waals surface area (Å²) in [5.41, 5.74) is 2.45. The molecular formula is C24H23N3O5S3. The van der Waals surface area contributed by atoms with Crippen LogP contribution in [-0.2, 0) is 14.8 Å². The van der Waals surface area contributed by atoms with E-state index in [-0.39, 0.29) is 17.1 Å². The molecule has 1 amide bonds. The molecule has 2 aromatic heterocycles. The van der Waals surface area contributed by atoms with Gasteiger partial charge in [-0.2, -0.15) is 0 Å². The van der Waals surface area contributed by atoms with Gasteiger partial charge in [0.1, 0.15) is 14.9 Å². The van der Waals surface area contributed by atoms with Crippen molar-refractivity contribution >= 4 is 59.8 Å². The fourth-order valence-corrected chi connectivity index (χ4v) is 6.53. The highest BCUT2D eigenvalue weighted by Crippen LogP contribution is 2.43. The maximum absolute atomic E-state index is 13.1. The Hall–Kier alpha value is -3.12. The molecule has 0 radical (unpaired) electrons. The van der Waals surface area contributed by atoms with Crippen LogP contribution in [0.4, 0.5) is 5.00 Å². The molecule has 0 bridgehead atoms. The molecule has 11 heteroatoms. The number of esters is 1. The smallest absolute Gasteiger partial charge is 0.348 e. The number of carbonyl (C=O) groups is 2. The summed E-state index contributed by atoms with van der Waals surface area (Å²) >= 11 is 2.60. The minimum absolute atomic E-state index is 0.0887. The molecule has 35 heavy (non-hydrogen) atoms. The Labute approximate surface area is 211 Å². The van der Waals surface area contributed by atoms with Gasteiger partial charge in [0, 0.05) is 25.2 Å². The molecule has 1 N–H and O–H groups in total. The third-order valence-electron chi connectivity index (χ3n) is 5.24. The molecule has 2 aromatic carbocycles. The van der Waals surface area contributed by atoms with Crippen LogP contribution in [0.15, 0.2) is 53.4 Å². The Kier molecular flexibility index (Phi) is 7.04. The highest BCUT2D eigenvalue weighted by molar-refractivity contribution is 7.89. The zero-order valence-electron chi connectivity index (χ0n) is 19.5. The molecule has 0 atom stereocenters. The molecule has 0 spiro atoms. The molecular weight excluding hydrogens is 506 g/mol. The number of thiophene rings is 1. The predicted octanol–water partition coefficient (Wildman–Crippen LogP) is 5.01. The van der Waals surface area contributed by atoms with Gasteiger partial charge in [-0.05, 0) is 55.8 Å². The third-order valence-corrected chi connectivity index (χ3v) is 9.31. The molecule has 0 saturated carbocycles. The number of rotatable bonds is 7. The number of sulfonamides is 1. The summed E-state index contributed by atoms with van der Waals surface area (Å²) < 4.78 is 31.9. The SMILES string of the molecule is CCOC(=O)c1sc(NC(=O)c2ccc(S(=O)(=O)N(C)C)cc2)c(-c2nc3ccccc3s2)c1C. The van der Waals surface area contributed by atoms with Crippen LogP contribution in [0.3, 0.4) is 0 Å². The second-order valence-corrected chi connectivity index (χ2v) is 11.9. The maximum Gasteiger partial charge on any atom is 0.348 e. The molecule has 0 unspecified atom stereocenters. The summed E-state index contributed by atoms with van der Waals surface area (Å²) in [4.78, 5) is 30.8. The van der Waals surface area contributed by atoms with E-state index in [1.807, 2.05) is 24.3 Å². The number of ether oxygens (including phenoxy) is 1. The van der Waals surface area contributed by atoms with Crippen molar-refractivity contribution in [1.29, 1.82) is 0 Å². The lowest BCUT2D eigenvalue weighted by Crippen LogP contribution is -2.22. The first-order chi connectivity index (χ1) is 16.6. The van der Waals surface area contributed by atoms with Crippen LogP contribution in [0.25, 0.3) is 20.8 Å². The fourth-order valence-electron chi connectivity index (χ4n) is 3.39. The van der Waals surface area contributed by atoms with Crippen molar-refractivity contribution in [2.45, 2.75) is 18.7 Å². The van der Waals surface area contributed by atoms with Gasteiger partial charge >= 0.3 is 5.97 Å². The molecule has 4 rings (SSSR count). The maximum atomic E-state index is 13.1. The molecule has 4 aromatic rings. The molecule has 182 valence electrons. The van der Waals surface area contributed by atoms with E-state index in [0.717, 1.165) is 25.9 Å². The van der Waals surface area contributed by atoms with Gasteiger partial charge in [0.15, 0.2) is 0 Å². The number of aromatic nitrogens is 1. The number of nitrogens with one attached hydrogen (secondary N) is 1. The molecule has 0 saturated heterocycles. The lowest BCUT2D eigenvalue weighted by atomic mass is 10.1. The van der Waals surface area contributed by atoms with Crippen LogP contribution in [0.5, 0.6) is 0 Å². The number of para-hydroxylation sites is 1. The fraction of sp³-hybridized carbons (Fsp3) is 0.208. The molecule has 0 fully saturated rings. The second-order valence-electron chi connectivity index (χ2n) is 7.73. The topological polar surface area (TPSA) is 106 Å². The van der Waals surface area contributed by atoms with Crippen LogP contribution in [0.1, 0.15) is 32.5 Å². The van der Waals surface area contributed by atoms with E-state index < -0.39 is 21.9 Å². The first kappa shape index (κ1) is 25.0. The van der Waals surface area contributed by atoms with Crippen molar-refractivity contribution in [2.75, 3.05) is 26.0 Å². The summed E-state index contributed by atoms with van der Waals surface area (Å²) in [5, 5.41) is 4.04. The van der Waals surface area contributed by atoms with Crippen LogP contribution in [0, 0.1) is 6.92 Å². The van der Waals surface area contributed by atoms with E-state index in [1.54, 1.807) is 13.8 Å². The lowest BCUT2D eigenvalue weighted by molar-refractivity contribution is 0.0531. The average molecular weight is 530 g/mol. The summed E-state index contributed by atoms with van der Waals surface area (Å²) in [5.74, 6) is -0.895. The van der Waals surface area contributed by atoms with E-state index in [1.165, 1.54) is 49.7 Å². The van der Waals surface area contributed by atoms with Crippen LogP contribution in [-0.4, -0.2) is 50.3 Å². The van der Waals surface area contributed by atoms with Gasteiger partial charge in [0.25, 0.3) is 5.91 Å². The third kappa shape index (κ3) is 4.85. The number of thiazole rings is 1. The number of benzene rings is 2. The van der Waals surface area contributed by atoms with E-state index >= 15 is 0 Å². The average Bonchev–Trinajstić information content (AvgIpc) is 3.39. The monoisotopic (exact) mass is 529 g/mol. The van der Waals surface area contributed by atoms with Crippen molar-refractivity contribution in [3.63, 3.8) is 0 Å². The van der Waals surface area contributed by atoms with Crippen LogP contribution >= 0.6 is 22.7 Å². The minimum Gasteiger partial charge on any atom is -0.462 e. The number of carbonyl (C=O) groups excluding carboxylic acids is 2. The molecule has 8 nitrogen and oxygen atoms in total. The van der Waals surface area contributed by atoms with Crippen molar-refractivity contribution in [3.05, 3.63) is 64.5 Å². The number of amides is 1. The van der Waals surface area contributed by atoms with E-state index in [4.69, 9.17) is 9.72 Å². The van der Waals surface area contributed by atoms with Gasteiger partial charge in [-0.15, -0.1) is 22.7 Å². The lowest BCUT2D eigenvalue weighted by Gasteiger charge is -2.11. The van der Waals surface area contributed by atoms with Crippen LogP contribution in [0.2, 0.25) is 0 Å². The van der Waals surface area contributed by atoms with Gasteiger partial charge in [0.2, 0.25) is 10.0 Å². The molecule has 0 aliphatic heterocycles. The number of hydrogen-bond acceptors (Lipinski definition) is 8. The van der Waals surface area contributed by atoms with Gasteiger partial charge in [-0.1, -0.05) is 12.1 Å². The quantitative estimate of drug-likeness (QED) is 0.337. The van der Waals surface area contributed by atoms with Gasteiger partial charge in [-0.25, -0.2) is 22.5 Å². The summed E-state index contributed by atoms with van der Waals surface area (Å²) in [7, 11) is -0.717. The molecule has 0 aliphatic rings. The highest BCUT2D eigenvalue weighted by atomic mass is 32.2. The van der Waals surface area contributed by atoms with Crippen molar-refractivity contribution in [3.8, 4) is 10.6 Å². The number of anilines is 1. The first-order valence-corrected chi connectivity index (χ1v) is 13.7. The van der Waals surface area contributed by atoms with Crippen molar-refractivity contribution in [2.24, 2.45) is 0 Å². The van der Waals surface area contributed by atoms with Gasteiger partial charge < -0.3 is 10.1 Å². The normalized spacial score (nSPS) is 11.7. The van der Waals surface area contributed by atoms with E-state index in [0.29, 0.717) is 26.0 Å². The zero-order valence-corrected chi connectivity index (χ0v) is 21.9. The van der Waals surface area contributed by atoms with E-state index in [2.05, 4.69) is 5.32 Å². The summed E-state index contributed by atoms with van der Waals surface area (Å²) in [6.45, 7) is 3.77. The van der Waals surface area contributed by atoms with Gasteiger partial charge in [0.05, 0.1) is 21.7 Å². The van der Waals surface area contributed by atoms with Crippen LogP contribution < -0.4 is 5.32 Å². The highest BCUT2D eigenvalue weighted by Gasteiger charge is 2.26. The van der Waals surface area contributed by atoms with E-state index in [9.17, 15) is 18.0 Å². The minimum atomic E-state index is -3.61. The Morgan fingerprint density at radius 2 is 1.74 bits per heavy atom. The Morgan fingerprint density at radius 1 is 1.06 bits per heavy atom. The van der Waals surface area contributed by atoms with Crippen molar-refractivity contribution < 1.29 is 22.7 Å². The number of hydrogen-bond donors (Lipinski definition) is 1. The summed E-state index contributed by atoms with van der Waals surface area (Å²) in [6, 6.07) is 13.4. The number of nitrogens with zero attached hydrogens (tertiary/aromatic N) is 2. The first-order valence-electron chi connectivity index (χ1n) is 10.6. The van der Waals surface area contributed by atoms with Gasteiger partial charge in [-0.3, -0.25) is 4.79 Å². The summed E-state index contributed by atoms with van der Waals surface area (Å²) in [6.07, 6.45) is 0.